The lowest BCUT2D eigenvalue weighted by molar-refractivity contribution is -0.0505. The van der Waals surface area contributed by atoms with Gasteiger partial charge in [-0.3, -0.25) is 0 Å². The maximum atomic E-state index is 9.81. The predicted molar refractivity (Wildman–Crippen MR) is 142 cm³/mol. The summed E-state index contributed by atoms with van der Waals surface area (Å²) in [6.45, 7) is 6.46. The summed E-state index contributed by atoms with van der Waals surface area (Å²) in [4.78, 5) is 19.8. The van der Waals surface area contributed by atoms with Gasteiger partial charge in [0.2, 0.25) is 5.95 Å². The van der Waals surface area contributed by atoms with E-state index in [9.17, 15) is 5.11 Å². The number of nitrogens with zero attached hydrogens (tertiary/aromatic N) is 5. The van der Waals surface area contributed by atoms with Crippen molar-refractivity contribution in [1.29, 1.82) is 0 Å². The molecule has 1 spiro atoms. The Morgan fingerprint density at radius 1 is 1.08 bits per heavy atom. The molecule has 0 amide bonds. The summed E-state index contributed by atoms with van der Waals surface area (Å²) in [5.41, 5.74) is 3.02. The average Bonchev–Trinajstić information content (AvgIpc) is 3.39. The lowest BCUT2D eigenvalue weighted by Gasteiger charge is -2.41. The van der Waals surface area contributed by atoms with Crippen LogP contribution in [0.5, 0.6) is 5.75 Å². The van der Waals surface area contributed by atoms with Crippen molar-refractivity contribution in [3.8, 4) is 17.0 Å². The highest BCUT2D eigenvalue weighted by atomic mass is 16.5. The van der Waals surface area contributed by atoms with E-state index in [1.54, 1.807) is 7.11 Å². The van der Waals surface area contributed by atoms with Crippen LogP contribution in [0.3, 0.4) is 0 Å². The SMILES string of the molecule is COc1ccc(-c2ccc3c(N4CCOC[C@@H]4C)nc(N4CCOC5(CCCC5)C4)nc3n2)cc1CO. The molecule has 196 valence electrons. The molecule has 2 saturated heterocycles. The summed E-state index contributed by atoms with van der Waals surface area (Å²) < 4.78 is 17.4. The largest absolute Gasteiger partial charge is 0.496 e. The number of hydrogen-bond acceptors (Lipinski definition) is 9. The fourth-order valence-corrected chi connectivity index (χ4v) is 5.94. The molecule has 9 nitrogen and oxygen atoms in total. The van der Waals surface area contributed by atoms with Crippen molar-refractivity contribution < 1.29 is 19.3 Å². The van der Waals surface area contributed by atoms with Gasteiger partial charge in [-0.25, -0.2) is 4.98 Å². The number of benzene rings is 1. The van der Waals surface area contributed by atoms with Crippen LogP contribution in [-0.4, -0.2) is 78.3 Å². The zero-order chi connectivity index (χ0) is 25.4. The Labute approximate surface area is 217 Å². The van der Waals surface area contributed by atoms with E-state index < -0.39 is 0 Å². The first kappa shape index (κ1) is 24.3. The number of hydrogen-bond donors (Lipinski definition) is 1. The smallest absolute Gasteiger partial charge is 0.229 e. The van der Waals surface area contributed by atoms with Crippen LogP contribution < -0.4 is 14.5 Å². The molecule has 3 aliphatic rings. The topological polar surface area (TPSA) is 93.1 Å². The van der Waals surface area contributed by atoms with E-state index in [0.29, 0.717) is 37.2 Å². The molecule has 37 heavy (non-hydrogen) atoms. The molecule has 3 aromatic rings. The van der Waals surface area contributed by atoms with Crippen molar-refractivity contribution in [1.82, 2.24) is 15.0 Å². The second-order valence-electron chi connectivity index (χ2n) is 10.4. The van der Waals surface area contributed by atoms with Gasteiger partial charge in [-0.1, -0.05) is 12.8 Å². The first-order valence-corrected chi connectivity index (χ1v) is 13.3. The molecule has 6 rings (SSSR count). The second kappa shape index (κ2) is 10.0. The quantitative estimate of drug-likeness (QED) is 0.559. The number of pyridine rings is 1. The van der Waals surface area contributed by atoms with Crippen LogP contribution in [0, 0.1) is 0 Å². The van der Waals surface area contributed by atoms with Gasteiger partial charge in [0, 0.05) is 30.8 Å². The Hall–Kier alpha value is -3.01. The highest BCUT2D eigenvalue weighted by Crippen LogP contribution is 2.38. The summed E-state index contributed by atoms with van der Waals surface area (Å²) in [6.07, 6.45) is 4.62. The molecule has 9 heteroatoms. The molecular weight excluding hydrogens is 470 g/mol. The van der Waals surface area contributed by atoms with Gasteiger partial charge in [-0.05, 0) is 50.1 Å². The monoisotopic (exact) mass is 505 g/mol. The van der Waals surface area contributed by atoms with Crippen molar-refractivity contribution in [2.75, 3.05) is 56.4 Å². The first-order valence-electron chi connectivity index (χ1n) is 13.3. The number of aliphatic hydroxyl groups excluding tert-OH is 1. The van der Waals surface area contributed by atoms with Crippen LogP contribution in [0.15, 0.2) is 30.3 Å². The average molecular weight is 506 g/mol. The molecule has 2 aromatic heterocycles. The first-order chi connectivity index (χ1) is 18.1. The third kappa shape index (κ3) is 4.60. The van der Waals surface area contributed by atoms with Crippen molar-refractivity contribution >= 4 is 22.8 Å². The number of rotatable bonds is 5. The maximum absolute atomic E-state index is 9.81. The Morgan fingerprint density at radius 3 is 2.73 bits per heavy atom. The number of ether oxygens (including phenoxy) is 3. The zero-order valence-electron chi connectivity index (χ0n) is 21.7. The number of morpholine rings is 2. The molecule has 1 saturated carbocycles. The Morgan fingerprint density at radius 2 is 1.95 bits per heavy atom. The summed E-state index contributed by atoms with van der Waals surface area (Å²) in [7, 11) is 1.61. The molecule has 1 N–H and O–H groups in total. The molecule has 2 aliphatic heterocycles. The lowest BCUT2D eigenvalue weighted by Crippen LogP contribution is -2.51. The van der Waals surface area contributed by atoms with Gasteiger partial charge in [0.1, 0.15) is 11.6 Å². The highest BCUT2D eigenvalue weighted by molar-refractivity contribution is 5.90. The molecule has 0 radical (unpaired) electrons. The summed E-state index contributed by atoms with van der Waals surface area (Å²) in [5, 5.41) is 10.7. The van der Waals surface area contributed by atoms with Crippen LogP contribution in [0.4, 0.5) is 11.8 Å². The predicted octanol–water partition coefficient (Wildman–Crippen LogP) is 3.57. The second-order valence-corrected chi connectivity index (χ2v) is 10.4. The molecule has 1 atom stereocenters. The van der Waals surface area contributed by atoms with E-state index >= 15 is 0 Å². The molecule has 0 unspecified atom stereocenters. The Bertz CT molecular complexity index is 1280. The molecular formula is C28H35N5O4. The van der Waals surface area contributed by atoms with Crippen molar-refractivity contribution in [3.63, 3.8) is 0 Å². The standard InChI is InChI=1S/C28H35N5O4/c1-19-17-36-13-12-33(19)26-22-6-7-23(20-5-8-24(35-2)21(15-20)16-34)29-25(22)30-27(31-26)32-11-14-37-28(18-32)9-3-4-10-28/h5-8,15,19,34H,3-4,9-14,16-18H2,1-2H3/t19-/m0/s1. The van der Waals surface area contributed by atoms with Crippen molar-refractivity contribution in [2.24, 2.45) is 0 Å². The molecule has 1 aromatic carbocycles. The van der Waals surface area contributed by atoms with E-state index in [1.165, 1.54) is 12.8 Å². The molecule has 4 heterocycles. The number of methoxy groups -OCH3 is 1. The number of aliphatic hydroxyl groups is 1. The van der Waals surface area contributed by atoms with Crippen LogP contribution in [0.1, 0.15) is 38.2 Å². The minimum atomic E-state index is -0.102. The van der Waals surface area contributed by atoms with Gasteiger partial charge >= 0.3 is 0 Å². The molecule has 0 bridgehead atoms. The molecule has 3 fully saturated rings. The van der Waals surface area contributed by atoms with E-state index in [4.69, 9.17) is 29.2 Å². The van der Waals surface area contributed by atoms with Gasteiger partial charge in [0.05, 0.1) is 56.3 Å². The van der Waals surface area contributed by atoms with E-state index in [-0.39, 0.29) is 18.2 Å². The normalized spacial score (nSPS) is 21.6. The number of fused-ring (bicyclic) bond motifs is 1. The third-order valence-corrected chi connectivity index (χ3v) is 7.96. The van der Waals surface area contributed by atoms with Gasteiger partial charge in [-0.15, -0.1) is 0 Å². The van der Waals surface area contributed by atoms with Crippen LogP contribution >= 0.6 is 0 Å². The van der Waals surface area contributed by atoms with E-state index in [2.05, 4.69) is 22.8 Å². The van der Waals surface area contributed by atoms with Crippen LogP contribution in [-0.2, 0) is 16.1 Å². The minimum Gasteiger partial charge on any atom is -0.496 e. The maximum Gasteiger partial charge on any atom is 0.229 e. The summed E-state index contributed by atoms with van der Waals surface area (Å²) in [5.74, 6) is 2.28. The third-order valence-electron chi connectivity index (χ3n) is 7.96. The van der Waals surface area contributed by atoms with Crippen molar-refractivity contribution in [3.05, 3.63) is 35.9 Å². The number of anilines is 2. The number of aromatic nitrogens is 3. The van der Waals surface area contributed by atoms with Gasteiger partial charge in [-0.2, -0.15) is 9.97 Å². The zero-order valence-corrected chi connectivity index (χ0v) is 21.7. The van der Waals surface area contributed by atoms with Gasteiger partial charge in [0.15, 0.2) is 5.65 Å². The van der Waals surface area contributed by atoms with Gasteiger partial charge in [0.25, 0.3) is 0 Å². The summed E-state index contributed by atoms with van der Waals surface area (Å²) >= 11 is 0. The fraction of sp³-hybridized carbons (Fsp3) is 0.536. The Balaban J connectivity index is 1.45. The highest BCUT2D eigenvalue weighted by Gasteiger charge is 2.40. The van der Waals surface area contributed by atoms with Crippen molar-refractivity contribution in [2.45, 2.75) is 50.9 Å². The van der Waals surface area contributed by atoms with E-state index in [0.717, 1.165) is 60.5 Å². The van der Waals surface area contributed by atoms with Crippen LogP contribution in [0.2, 0.25) is 0 Å². The summed E-state index contributed by atoms with van der Waals surface area (Å²) in [6, 6.07) is 10.0. The Kier molecular flexibility index (Phi) is 6.60. The minimum absolute atomic E-state index is 0.0813. The van der Waals surface area contributed by atoms with Gasteiger partial charge < -0.3 is 29.1 Å². The lowest BCUT2D eigenvalue weighted by atomic mass is 10.00. The van der Waals surface area contributed by atoms with E-state index in [1.807, 2.05) is 24.3 Å². The molecule has 1 aliphatic carbocycles. The van der Waals surface area contributed by atoms with Crippen LogP contribution in [0.25, 0.3) is 22.3 Å². The fourth-order valence-electron chi connectivity index (χ4n) is 5.94.